The lowest BCUT2D eigenvalue weighted by atomic mass is 9.72. The number of benzene rings is 1. The molecule has 2 atom stereocenters. The summed E-state index contributed by atoms with van der Waals surface area (Å²) in [5, 5.41) is 11.3. The number of nitrogen functional groups attached to an aromatic ring is 1. The van der Waals surface area contributed by atoms with Gasteiger partial charge in [-0.3, -0.25) is 9.20 Å². The molecule has 3 aliphatic carbocycles. The number of nitrogens with zero attached hydrogens (tertiary/aromatic N) is 4. The summed E-state index contributed by atoms with van der Waals surface area (Å²) in [6, 6.07) is 7.15. The Bertz CT molecular complexity index is 1600. The molecule has 0 saturated heterocycles. The van der Waals surface area contributed by atoms with Crippen LogP contribution in [0.3, 0.4) is 0 Å². The molecule has 0 radical (unpaired) electrons. The highest BCUT2D eigenvalue weighted by atomic mass is 19.3. The van der Waals surface area contributed by atoms with Gasteiger partial charge >= 0.3 is 0 Å². The molecule has 35 heavy (non-hydrogen) atoms. The lowest BCUT2D eigenvalue weighted by molar-refractivity contribution is -0.0567. The fourth-order valence-electron chi connectivity index (χ4n) is 6.61. The molecule has 3 fully saturated rings. The summed E-state index contributed by atoms with van der Waals surface area (Å²) >= 11 is 0. The van der Waals surface area contributed by atoms with Crippen molar-refractivity contribution in [3.8, 4) is 11.3 Å². The zero-order valence-electron chi connectivity index (χ0n) is 19.2. The van der Waals surface area contributed by atoms with Crippen LogP contribution in [0.2, 0.25) is 0 Å². The molecule has 7 rings (SSSR count). The highest BCUT2D eigenvalue weighted by molar-refractivity contribution is 5.91. The highest BCUT2D eigenvalue weighted by Gasteiger charge is 2.74. The molecular formula is C26H25F2N5O2. The fraction of sp³-hybridized carbons (Fsp3) is 0.423. The van der Waals surface area contributed by atoms with E-state index in [1.165, 1.54) is 10.8 Å². The van der Waals surface area contributed by atoms with Crippen LogP contribution in [0.15, 0.2) is 47.7 Å². The second-order valence-electron chi connectivity index (χ2n) is 10.8. The van der Waals surface area contributed by atoms with E-state index in [0.717, 1.165) is 5.82 Å². The van der Waals surface area contributed by atoms with E-state index in [4.69, 9.17) is 10.7 Å². The number of rotatable bonds is 3. The summed E-state index contributed by atoms with van der Waals surface area (Å²) < 4.78 is 32.8. The van der Waals surface area contributed by atoms with Crippen molar-refractivity contribution < 1.29 is 13.9 Å². The van der Waals surface area contributed by atoms with Crippen molar-refractivity contribution in [2.45, 2.75) is 62.0 Å². The lowest BCUT2D eigenvalue weighted by Gasteiger charge is -2.40. The number of pyridine rings is 1. The zero-order valence-corrected chi connectivity index (χ0v) is 19.2. The fourth-order valence-corrected chi connectivity index (χ4v) is 6.61. The minimum absolute atomic E-state index is 0.0706. The van der Waals surface area contributed by atoms with Crippen LogP contribution in [0, 0.1) is 5.92 Å². The van der Waals surface area contributed by atoms with Gasteiger partial charge in [0, 0.05) is 41.9 Å². The van der Waals surface area contributed by atoms with Crippen LogP contribution < -0.4 is 11.3 Å². The summed E-state index contributed by atoms with van der Waals surface area (Å²) in [6.07, 6.45) is 6.73. The van der Waals surface area contributed by atoms with Gasteiger partial charge in [-0.15, -0.1) is 0 Å². The smallest absolute Gasteiger partial charge is 0.271 e. The topological polar surface area (TPSA) is 98.4 Å². The zero-order chi connectivity index (χ0) is 24.3. The van der Waals surface area contributed by atoms with Crippen LogP contribution in [-0.4, -0.2) is 35.6 Å². The molecule has 0 unspecified atom stereocenters. The van der Waals surface area contributed by atoms with Gasteiger partial charge in [0.2, 0.25) is 0 Å². The van der Waals surface area contributed by atoms with Crippen molar-refractivity contribution in [3.63, 3.8) is 0 Å². The third-order valence-electron chi connectivity index (χ3n) is 8.47. The average molecular weight is 478 g/mol. The van der Waals surface area contributed by atoms with E-state index < -0.39 is 22.6 Å². The second kappa shape index (κ2) is 6.46. The Balaban J connectivity index is 1.40. The maximum Gasteiger partial charge on any atom is 0.271 e. The van der Waals surface area contributed by atoms with Gasteiger partial charge in [0.15, 0.2) is 0 Å². The number of alkyl halides is 2. The molecule has 180 valence electrons. The molecule has 3 heterocycles. The summed E-state index contributed by atoms with van der Waals surface area (Å²) in [6.45, 7) is 1.81. The first-order valence-corrected chi connectivity index (χ1v) is 12.0. The summed E-state index contributed by atoms with van der Waals surface area (Å²) in [5.41, 5.74) is 5.63. The Labute approximate surface area is 199 Å². The number of halogens is 2. The number of imidazole rings is 1. The molecule has 9 heteroatoms. The molecule has 7 nitrogen and oxygen atoms in total. The van der Waals surface area contributed by atoms with Crippen LogP contribution in [0.1, 0.15) is 50.8 Å². The number of aliphatic hydroxyl groups is 1. The van der Waals surface area contributed by atoms with Crippen LogP contribution >= 0.6 is 0 Å². The van der Waals surface area contributed by atoms with Crippen molar-refractivity contribution in [2.24, 2.45) is 5.92 Å². The van der Waals surface area contributed by atoms with E-state index in [1.807, 2.05) is 23.5 Å². The molecule has 3 saturated carbocycles. The Kier molecular flexibility index (Phi) is 3.87. The molecule has 3 aliphatic rings. The van der Waals surface area contributed by atoms with E-state index in [9.17, 15) is 18.7 Å². The van der Waals surface area contributed by atoms with Gasteiger partial charge in [0.05, 0.1) is 5.60 Å². The number of nitrogens with two attached hydrogens (primary N) is 1. The van der Waals surface area contributed by atoms with Crippen molar-refractivity contribution in [3.05, 3.63) is 59.0 Å². The molecule has 0 bridgehead atoms. The van der Waals surface area contributed by atoms with Crippen LogP contribution in [0.4, 0.5) is 14.6 Å². The molecule has 0 amide bonds. The number of fused-ring (bicyclic) bond motifs is 3. The standard InChI is InChI=1S/C26H25F2N5O2/c1-24(35)11-16(12-24)22-31-19(20-21(29)30-7-9-32(20)22)15-3-2-14-5-8-33(23(34)18(14)10-15)25-13-17(25)4-6-26(25,27)28/h2-3,5,7-10,16-17,35H,4,6,11-13H2,1H3,(H2,29,30)/t16?,17-,24?,25-/m1/s1. The van der Waals surface area contributed by atoms with E-state index in [2.05, 4.69) is 4.98 Å². The Morgan fingerprint density at radius 3 is 2.66 bits per heavy atom. The minimum Gasteiger partial charge on any atom is -0.390 e. The van der Waals surface area contributed by atoms with Crippen molar-refractivity contribution >= 4 is 22.1 Å². The van der Waals surface area contributed by atoms with Gasteiger partial charge < -0.3 is 15.4 Å². The molecule has 3 aromatic heterocycles. The third kappa shape index (κ3) is 2.70. The van der Waals surface area contributed by atoms with Crippen LogP contribution in [0.25, 0.3) is 27.5 Å². The van der Waals surface area contributed by atoms with Gasteiger partial charge in [0.25, 0.3) is 11.5 Å². The normalized spacial score (nSPS) is 31.0. The first kappa shape index (κ1) is 21.0. The maximum atomic E-state index is 14.8. The number of aromatic nitrogens is 4. The molecule has 4 aromatic rings. The molecule has 0 aliphatic heterocycles. The molecule has 1 aromatic carbocycles. The quantitative estimate of drug-likeness (QED) is 0.464. The van der Waals surface area contributed by atoms with Crippen molar-refractivity contribution in [1.29, 1.82) is 0 Å². The number of anilines is 1. The van der Waals surface area contributed by atoms with Gasteiger partial charge in [-0.2, -0.15) is 0 Å². The Morgan fingerprint density at radius 1 is 1.17 bits per heavy atom. The van der Waals surface area contributed by atoms with Gasteiger partial charge in [-0.05, 0) is 56.0 Å². The Hall–Kier alpha value is -3.33. The van der Waals surface area contributed by atoms with Gasteiger partial charge in [-0.25, -0.2) is 18.7 Å². The SMILES string of the molecule is CC1(O)CC(c2nc(-c3ccc4ccn([C@]56C[C@H]5CCC6(F)F)c(=O)c4c3)c3c(N)nccn23)C1. The molecule has 3 N–H and O–H groups in total. The van der Waals surface area contributed by atoms with Crippen molar-refractivity contribution in [2.75, 3.05) is 5.73 Å². The largest absolute Gasteiger partial charge is 0.390 e. The van der Waals surface area contributed by atoms with E-state index >= 15 is 0 Å². The van der Waals surface area contributed by atoms with Crippen LogP contribution in [-0.2, 0) is 5.54 Å². The van der Waals surface area contributed by atoms with Crippen LogP contribution in [0.5, 0.6) is 0 Å². The highest BCUT2D eigenvalue weighted by Crippen LogP contribution is 2.67. The predicted molar refractivity (Wildman–Crippen MR) is 127 cm³/mol. The lowest BCUT2D eigenvalue weighted by Crippen LogP contribution is -2.42. The average Bonchev–Trinajstić information content (AvgIpc) is 3.33. The van der Waals surface area contributed by atoms with E-state index in [0.29, 0.717) is 59.0 Å². The summed E-state index contributed by atoms with van der Waals surface area (Å²) in [4.78, 5) is 22.7. The number of hydrogen-bond acceptors (Lipinski definition) is 5. The predicted octanol–water partition coefficient (Wildman–Crippen LogP) is 4.07. The van der Waals surface area contributed by atoms with E-state index in [1.54, 1.807) is 24.5 Å². The monoisotopic (exact) mass is 477 g/mol. The van der Waals surface area contributed by atoms with Gasteiger partial charge in [-0.1, -0.05) is 12.1 Å². The second-order valence-corrected chi connectivity index (χ2v) is 10.8. The molecular weight excluding hydrogens is 452 g/mol. The minimum atomic E-state index is -2.88. The third-order valence-corrected chi connectivity index (χ3v) is 8.47. The van der Waals surface area contributed by atoms with E-state index in [-0.39, 0.29) is 18.3 Å². The summed E-state index contributed by atoms with van der Waals surface area (Å²) in [7, 11) is 0. The maximum absolute atomic E-state index is 14.8. The molecule has 0 spiro atoms. The van der Waals surface area contributed by atoms with Gasteiger partial charge in [0.1, 0.15) is 28.4 Å². The first-order valence-electron chi connectivity index (χ1n) is 12.0. The van der Waals surface area contributed by atoms with Crippen molar-refractivity contribution in [1.82, 2.24) is 18.9 Å². The number of hydrogen-bond donors (Lipinski definition) is 2. The Morgan fingerprint density at radius 2 is 1.97 bits per heavy atom. The summed E-state index contributed by atoms with van der Waals surface area (Å²) in [5.74, 6) is -1.87. The first-order chi connectivity index (χ1) is 16.6.